The van der Waals surface area contributed by atoms with E-state index in [2.05, 4.69) is 15.7 Å². The first-order chi connectivity index (χ1) is 14.4. The van der Waals surface area contributed by atoms with E-state index in [1.165, 1.54) is 0 Å². The van der Waals surface area contributed by atoms with Crippen molar-refractivity contribution in [3.63, 3.8) is 0 Å². The van der Waals surface area contributed by atoms with Crippen LogP contribution < -0.4 is 5.32 Å². The van der Waals surface area contributed by atoms with E-state index in [1.54, 1.807) is 42.2 Å². The van der Waals surface area contributed by atoms with Crippen LogP contribution in [0.3, 0.4) is 0 Å². The van der Waals surface area contributed by atoms with Crippen LogP contribution in [0.1, 0.15) is 46.5 Å². The van der Waals surface area contributed by atoms with Crippen molar-refractivity contribution in [2.75, 3.05) is 0 Å². The molecule has 2 atom stereocenters. The Labute approximate surface area is 184 Å². The molecule has 2 unspecified atom stereocenters. The van der Waals surface area contributed by atoms with E-state index >= 15 is 0 Å². The van der Waals surface area contributed by atoms with Crippen molar-refractivity contribution in [1.29, 1.82) is 0 Å². The number of aryl methyl sites for hydroxylation is 1. The Hall–Kier alpha value is -2.64. The van der Waals surface area contributed by atoms with Crippen LogP contribution in [-0.2, 0) is 15.3 Å². The fraction of sp³-hybridized carbons (Fsp3) is 0.261. The van der Waals surface area contributed by atoms with Gasteiger partial charge < -0.3 is 10.1 Å². The third-order valence-corrected chi connectivity index (χ3v) is 6.32. The average Bonchev–Trinajstić information content (AvgIpc) is 3.18. The molecule has 0 fully saturated rings. The smallest absolute Gasteiger partial charge is 0.338 e. The molecule has 30 heavy (non-hydrogen) atoms. The topological polar surface area (TPSA) is 68.3 Å². The largest absolute Gasteiger partial charge is 0.449 e. The summed E-state index contributed by atoms with van der Waals surface area (Å²) < 4.78 is 5.34. The Morgan fingerprint density at radius 1 is 1.10 bits per heavy atom. The van der Waals surface area contributed by atoms with Crippen molar-refractivity contribution in [1.82, 2.24) is 10.3 Å². The zero-order valence-electron chi connectivity index (χ0n) is 17.1. The van der Waals surface area contributed by atoms with Gasteiger partial charge in [0, 0.05) is 16.0 Å². The first-order valence-corrected chi connectivity index (χ1v) is 11.5. The molecule has 0 radical (unpaired) electrons. The fourth-order valence-corrected chi connectivity index (χ4v) is 4.27. The maximum Gasteiger partial charge on any atom is 0.338 e. The van der Waals surface area contributed by atoms with Crippen LogP contribution in [0.15, 0.2) is 64.9 Å². The minimum absolute atomic E-state index is 0.169. The van der Waals surface area contributed by atoms with Crippen LogP contribution in [0.25, 0.3) is 0 Å². The maximum absolute atomic E-state index is 12.4. The second-order valence-electron chi connectivity index (χ2n) is 6.86. The lowest BCUT2D eigenvalue weighted by Crippen LogP contribution is -2.37. The molecule has 0 saturated carbocycles. The van der Waals surface area contributed by atoms with Gasteiger partial charge in [-0.05, 0) is 50.6 Å². The number of rotatable bonds is 8. The molecule has 1 amide bonds. The van der Waals surface area contributed by atoms with Crippen LogP contribution in [-0.4, -0.2) is 23.0 Å². The second-order valence-corrected chi connectivity index (χ2v) is 8.97. The van der Waals surface area contributed by atoms with E-state index in [1.807, 2.05) is 56.3 Å². The predicted molar refractivity (Wildman–Crippen MR) is 121 cm³/mol. The molecule has 1 aromatic heterocycles. The number of aromatic nitrogens is 1. The molecular formula is C23H24N2O3S2. The highest BCUT2D eigenvalue weighted by atomic mass is 32.2. The van der Waals surface area contributed by atoms with Gasteiger partial charge in [-0.3, -0.25) is 4.79 Å². The van der Waals surface area contributed by atoms with Gasteiger partial charge in [-0.15, -0.1) is 23.1 Å². The predicted octanol–water partition coefficient (Wildman–Crippen LogP) is 5.17. The van der Waals surface area contributed by atoms with Crippen molar-refractivity contribution in [3.8, 4) is 0 Å². The summed E-state index contributed by atoms with van der Waals surface area (Å²) in [4.78, 5) is 30.3. The lowest BCUT2D eigenvalue weighted by Gasteiger charge is -2.18. The standard InChI is InChI=1S/C23H24N2O3S2/c1-15(18-7-5-4-6-8-18)24-22(26)16(2)28-23(27)19-9-11-21(12-10-19)30-14-20-13-29-17(3)25-20/h4-13,15-16H,14H2,1-3H3,(H,24,26). The SMILES string of the molecule is Cc1nc(CSc2ccc(C(=O)OC(C)C(=O)NC(C)c3ccccc3)cc2)cs1. The van der Waals surface area contributed by atoms with Gasteiger partial charge in [0.25, 0.3) is 5.91 Å². The van der Waals surface area contributed by atoms with Crippen molar-refractivity contribution < 1.29 is 14.3 Å². The van der Waals surface area contributed by atoms with Crippen LogP contribution in [0.4, 0.5) is 0 Å². The van der Waals surface area contributed by atoms with Crippen LogP contribution >= 0.6 is 23.1 Å². The first kappa shape index (κ1) is 22.1. The summed E-state index contributed by atoms with van der Waals surface area (Å²) in [5.41, 5.74) is 2.46. The lowest BCUT2D eigenvalue weighted by atomic mass is 10.1. The second kappa shape index (κ2) is 10.4. The van der Waals surface area contributed by atoms with E-state index in [4.69, 9.17) is 4.74 Å². The Morgan fingerprint density at radius 2 is 1.80 bits per heavy atom. The molecule has 1 heterocycles. The van der Waals surface area contributed by atoms with E-state index in [9.17, 15) is 9.59 Å². The fourth-order valence-electron chi connectivity index (χ4n) is 2.76. The third-order valence-electron chi connectivity index (χ3n) is 4.45. The molecule has 7 heteroatoms. The van der Waals surface area contributed by atoms with Gasteiger partial charge in [0.15, 0.2) is 6.10 Å². The molecule has 5 nitrogen and oxygen atoms in total. The Kier molecular flexibility index (Phi) is 7.65. The zero-order valence-corrected chi connectivity index (χ0v) is 18.8. The van der Waals surface area contributed by atoms with E-state index in [0.717, 1.165) is 26.9 Å². The van der Waals surface area contributed by atoms with E-state index in [-0.39, 0.29) is 11.9 Å². The van der Waals surface area contributed by atoms with Crippen LogP contribution in [0.5, 0.6) is 0 Å². The molecular weight excluding hydrogens is 416 g/mol. The summed E-state index contributed by atoms with van der Waals surface area (Å²) in [5.74, 6) is -0.0626. The molecule has 0 spiro atoms. The molecule has 1 N–H and O–H groups in total. The number of hydrogen-bond donors (Lipinski definition) is 1. The molecule has 0 bridgehead atoms. The number of nitrogens with one attached hydrogen (secondary N) is 1. The van der Waals surface area contributed by atoms with Gasteiger partial charge in [0.1, 0.15) is 0 Å². The normalized spacial score (nSPS) is 12.8. The Bertz CT molecular complexity index is 987. The van der Waals surface area contributed by atoms with Crippen molar-refractivity contribution in [2.24, 2.45) is 0 Å². The number of ether oxygens (including phenoxy) is 1. The number of thiazole rings is 1. The molecule has 156 valence electrons. The Morgan fingerprint density at radius 3 is 2.43 bits per heavy atom. The van der Waals surface area contributed by atoms with Crippen molar-refractivity contribution in [2.45, 2.75) is 43.6 Å². The number of carbonyl (C=O) groups excluding carboxylic acids is 2. The summed E-state index contributed by atoms with van der Waals surface area (Å²) in [6.07, 6.45) is -0.884. The third kappa shape index (κ3) is 6.18. The maximum atomic E-state index is 12.4. The summed E-state index contributed by atoms with van der Waals surface area (Å²) in [5, 5.41) is 5.98. The average molecular weight is 441 g/mol. The monoisotopic (exact) mass is 440 g/mol. The highest BCUT2D eigenvalue weighted by Crippen LogP contribution is 2.24. The highest BCUT2D eigenvalue weighted by Gasteiger charge is 2.20. The number of carbonyl (C=O) groups is 2. The van der Waals surface area contributed by atoms with Gasteiger partial charge in [0.05, 0.1) is 22.3 Å². The number of thioether (sulfide) groups is 1. The van der Waals surface area contributed by atoms with Gasteiger partial charge >= 0.3 is 5.97 Å². The van der Waals surface area contributed by atoms with Crippen LogP contribution in [0.2, 0.25) is 0 Å². The van der Waals surface area contributed by atoms with Crippen molar-refractivity contribution in [3.05, 3.63) is 81.8 Å². The van der Waals surface area contributed by atoms with Gasteiger partial charge in [-0.1, -0.05) is 30.3 Å². The minimum Gasteiger partial charge on any atom is -0.449 e. The summed E-state index contributed by atoms with van der Waals surface area (Å²) in [6, 6.07) is 16.7. The van der Waals surface area contributed by atoms with Crippen molar-refractivity contribution >= 4 is 35.0 Å². The van der Waals surface area contributed by atoms with Crippen LogP contribution in [0, 0.1) is 6.92 Å². The van der Waals surface area contributed by atoms with Gasteiger partial charge in [0.2, 0.25) is 0 Å². The minimum atomic E-state index is -0.884. The summed E-state index contributed by atoms with van der Waals surface area (Å²) in [7, 11) is 0. The zero-order chi connectivity index (χ0) is 21.5. The summed E-state index contributed by atoms with van der Waals surface area (Å²) >= 11 is 3.30. The highest BCUT2D eigenvalue weighted by molar-refractivity contribution is 7.98. The molecule has 0 aliphatic rings. The molecule has 2 aromatic carbocycles. The molecule has 0 aliphatic carbocycles. The first-order valence-electron chi connectivity index (χ1n) is 9.62. The van der Waals surface area contributed by atoms with E-state index in [0.29, 0.717) is 5.56 Å². The molecule has 0 aliphatic heterocycles. The number of amides is 1. The molecule has 3 aromatic rings. The summed E-state index contributed by atoms with van der Waals surface area (Å²) in [6.45, 7) is 5.46. The number of esters is 1. The quantitative estimate of drug-likeness (QED) is 0.387. The lowest BCUT2D eigenvalue weighted by molar-refractivity contribution is -0.129. The molecule has 0 saturated heterocycles. The van der Waals surface area contributed by atoms with Gasteiger partial charge in [-0.2, -0.15) is 0 Å². The number of benzene rings is 2. The molecule has 3 rings (SSSR count). The number of hydrogen-bond acceptors (Lipinski definition) is 6. The Balaban J connectivity index is 1.50. The number of nitrogens with zero attached hydrogens (tertiary/aromatic N) is 1. The van der Waals surface area contributed by atoms with E-state index < -0.39 is 12.1 Å². The van der Waals surface area contributed by atoms with Gasteiger partial charge in [-0.25, -0.2) is 9.78 Å².